The maximum atomic E-state index is 13.2. The average Bonchev–Trinajstić information content (AvgIpc) is 3.46. The zero-order valence-corrected chi connectivity index (χ0v) is 25.5. The van der Waals surface area contributed by atoms with Gasteiger partial charge in [-0.2, -0.15) is 13.2 Å². The number of aromatic nitrogens is 1. The third-order valence-electron chi connectivity index (χ3n) is 6.11. The number of alkyl halides is 3. The minimum Gasteiger partial charge on any atom is -0.489 e. The first-order chi connectivity index (χ1) is 20.7. The van der Waals surface area contributed by atoms with Crippen LogP contribution < -0.4 is 10.1 Å². The summed E-state index contributed by atoms with van der Waals surface area (Å²) in [4.78, 5) is 38.4. The van der Waals surface area contributed by atoms with E-state index in [9.17, 15) is 32.1 Å². The predicted octanol–water partition coefficient (Wildman–Crippen LogP) is 4.08. The second-order valence-corrected chi connectivity index (χ2v) is 11.7. The average molecular weight is 695 g/mol. The Hall–Kier alpha value is -3.76. The highest BCUT2D eigenvalue weighted by atomic mass is 35.5. The second kappa shape index (κ2) is 17.1. The molecule has 1 fully saturated rings. The summed E-state index contributed by atoms with van der Waals surface area (Å²) < 4.78 is 52.2. The van der Waals surface area contributed by atoms with Crippen molar-refractivity contribution in [1.29, 1.82) is 0 Å². The molecule has 1 aliphatic heterocycles. The highest BCUT2D eigenvalue weighted by Crippen LogP contribution is 2.27. The normalized spacial score (nSPS) is 15.9. The van der Waals surface area contributed by atoms with Crippen molar-refractivity contribution in [2.24, 2.45) is 0 Å². The molecule has 1 saturated heterocycles. The van der Waals surface area contributed by atoms with Crippen molar-refractivity contribution in [1.82, 2.24) is 14.6 Å². The van der Waals surface area contributed by atoms with Gasteiger partial charge in [-0.15, -0.1) is 0 Å². The molecule has 1 aliphatic rings. The summed E-state index contributed by atoms with van der Waals surface area (Å²) in [6, 6.07) is 13.5. The van der Waals surface area contributed by atoms with E-state index in [1.54, 1.807) is 53.1 Å². The molecule has 1 unspecified atom stereocenters. The van der Waals surface area contributed by atoms with E-state index in [4.69, 9.17) is 37.8 Å². The van der Waals surface area contributed by atoms with Gasteiger partial charge in [-0.25, -0.2) is 18.1 Å². The molecule has 3 atom stereocenters. The molecule has 2 aromatic carbocycles. The van der Waals surface area contributed by atoms with Gasteiger partial charge in [-0.05, 0) is 54.8 Å². The molecule has 4 rings (SSSR count). The van der Waals surface area contributed by atoms with Gasteiger partial charge in [0.1, 0.15) is 35.4 Å². The zero-order chi connectivity index (χ0) is 32.4. The minimum atomic E-state index is -5.08. The molecule has 0 aliphatic carbocycles. The summed E-state index contributed by atoms with van der Waals surface area (Å²) in [6.45, 7) is 0.786. The van der Waals surface area contributed by atoms with Gasteiger partial charge in [0.05, 0.1) is 4.90 Å². The van der Waals surface area contributed by atoms with Crippen LogP contribution in [0.5, 0.6) is 5.75 Å². The molecular weight excluding hydrogens is 666 g/mol. The fraction of sp³-hybridized carbons (Fsp3) is 0.286. The first-order valence-corrected chi connectivity index (χ1v) is 14.7. The highest BCUT2D eigenvalue weighted by molar-refractivity contribution is 7.82. The van der Waals surface area contributed by atoms with Crippen molar-refractivity contribution in [3.63, 3.8) is 0 Å². The van der Waals surface area contributed by atoms with Crippen LogP contribution in [0.4, 0.5) is 13.2 Å². The second-order valence-electron chi connectivity index (χ2n) is 9.35. The number of carboxylic acids is 2. The quantitative estimate of drug-likeness (QED) is 0.284. The smallest absolute Gasteiger partial charge is 0.489 e. The number of carboxylic acid groups (broad SMARTS) is 2. The number of amides is 1. The molecule has 244 valence electrons. The van der Waals surface area contributed by atoms with Crippen molar-refractivity contribution in [2.75, 3.05) is 6.54 Å². The summed E-state index contributed by atoms with van der Waals surface area (Å²) in [5, 5.41) is 20.2. The fourth-order valence-electron chi connectivity index (χ4n) is 4.04. The molecule has 3 aromatic rings. The van der Waals surface area contributed by atoms with Gasteiger partial charge in [0.2, 0.25) is 5.91 Å². The van der Waals surface area contributed by atoms with E-state index in [1.165, 1.54) is 6.07 Å². The Morgan fingerprint density at radius 1 is 1.07 bits per heavy atom. The monoisotopic (exact) mass is 693 g/mol. The van der Waals surface area contributed by atoms with Crippen molar-refractivity contribution in [2.45, 2.75) is 49.0 Å². The van der Waals surface area contributed by atoms with E-state index in [0.29, 0.717) is 46.7 Å². The number of aliphatic carboxylic acids is 2. The van der Waals surface area contributed by atoms with Crippen LogP contribution in [0.2, 0.25) is 10.0 Å². The Balaban J connectivity index is 0.000000791. The molecule has 0 saturated carbocycles. The van der Waals surface area contributed by atoms with Crippen molar-refractivity contribution >= 4 is 52.0 Å². The third-order valence-corrected chi connectivity index (χ3v) is 8.04. The first-order valence-electron chi connectivity index (χ1n) is 12.8. The van der Waals surface area contributed by atoms with Crippen LogP contribution in [-0.4, -0.2) is 71.8 Å². The molecule has 1 aromatic heterocycles. The van der Waals surface area contributed by atoms with Gasteiger partial charge < -0.3 is 25.7 Å². The molecule has 17 heteroatoms. The van der Waals surface area contributed by atoms with Crippen LogP contribution in [0.3, 0.4) is 0 Å². The van der Waals surface area contributed by atoms with E-state index >= 15 is 0 Å². The lowest BCUT2D eigenvalue weighted by atomic mass is 10.1. The standard InChI is InChI=1S/C26H25Cl2N3O5S.C2HF3O2.H2O/c27-19-12-20(28)14-22(13-19)37(35)31-10-2-4-24(31)25(32)30-23(26(33)34)11-17-5-7-21(8-6-17)36-16-18-3-1-9-29-15-18;3-2(4,5)1(6)7;/h1,3,5-9,12-15,23-24H,2,4,10-11,16H2,(H,30,32)(H,33,34);(H,6,7);1H2/t23-,24-,37?;;/m0../s1. The van der Waals surface area contributed by atoms with Crippen molar-refractivity contribution in [3.05, 3.63) is 88.2 Å². The van der Waals surface area contributed by atoms with Crippen molar-refractivity contribution < 1.29 is 52.2 Å². The molecule has 1 amide bonds. The maximum absolute atomic E-state index is 13.2. The number of carbonyl (C=O) groups is 3. The molecule has 2 heterocycles. The number of benzene rings is 2. The SMILES string of the molecule is O.O=C(O)C(F)(F)F.O=C(O)[C@H](Cc1ccc(OCc2cccnc2)cc1)NC(=O)[C@@H]1CCCN1S(=O)c1cc(Cl)cc(Cl)c1. The predicted molar refractivity (Wildman–Crippen MR) is 158 cm³/mol. The van der Waals surface area contributed by atoms with Gasteiger partial charge in [0.15, 0.2) is 0 Å². The Labute approximate surface area is 267 Å². The summed E-state index contributed by atoms with van der Waals surface area (Å²) in [7, 11) is -1.67. The van der Waals surface area contributed by atoms with E-state index < -0.39 is 47.1 Å². The van der Waals surface area contributed by atoms with Crippen LogP contribution in [0, 0.1) is 0 Å². The van der Waals surface area contributed by atoms with E-state index in [2.05, 4.69) is 10.3 Å². The fourth-order valence-corrected chi connectivity index (χ4v) is 6.15. The Bertz CT molecular complexity index is 1460. The molecule has 0 spiro atoms. The molecule has 0 radical (unpaired) electrons. The number of carbonyl (C=O) groups excluding carboxylic acids is 1. The number of ether oxygens (including phenoxy) is 1. The Kier molecular flexibility index (Phi) is 14.2. The molecule has 5 N–H and O–H groups in total. The molecule has 11 nitrogen and oxygen atoms in total. The molecule has 45 heavy (non-hydrogen) atoms. The van der Waals surface area contributed by atoms with E-state index in [1.807, 2.05) is 12.1 Å². The van der Waals surface area contributed by atoms with Crippen LogP contribution >= 0.6 is 23.2 Å². The van der Waals surface area contributed by atoms with Gasteiger partial charge in [-0.1, -0.05) is 41.4 Å². The number of hydrogen-bond donors (Lipinski definition) is 3. The Morgan fingerprint density at radius 3 is 2.22 bits per heavy atom. The number of hydrogen-bond acceptors (Lipinski definition) is 6. The number of rotatable bonds is 10. The summed E-state index contributed by atoms with van der Waals surface area (Å²) in [5.74, 6) is -3.76. The summed E-state index contributed by atoms with van der Waals surface area (Å²) >= 11 is 12.1. The highest BCUT2D eigenvalue weighted by Gasteiger charge is 2.38. The lowest BCUT2D eigenvalue weighted by Crippen LogP contribution is -2.50. The topological polar surface area (TPSA) is 178 Å². The van der Waals surface area contributed by atoms with Crippen LogP contribution in [0.25, 0.3) is 0 Å². The lowest BCUT2D eigenvalue weighted by molar-refractivity contribution is -0.192. The number of nitrogens with one attached hydrogen (secondary N) is 1. The van der Waals surface area contributed by atoms with Crippen LogP contribution in [0.15, 0.2) is 71.9 Å². The van der Waals surface area contributed by atoms with Gasteiger partial charge in [-0.3, -0.25) is 9.78 Å². The van der Waals surface area contributed by atoms with Crippen LogP contribution in [0.1, 0.15) is 24.0 Å². The first kappa shape index (κ1) is 37.4. The number of halogens is 5. The number of nitrogens with zero attached hydrogens (tertiary/aromatic N) is 2. The maximum Gasteiger partial charge on any atom is 0.490 e. The molecular formula is C28H28Cl2F3N3O8S. The largest absolute Gasteiger partial charge is 0.490 e. The minimum absolute atomic E-state index is 0. The molecule has 0 bridgehead atoms. The lowest BCUT2D eigenvalue weighted by Gasteiger charge is -2.24. The van der Waals surface area contributed by atoms with Crippen molar-refractivity contribution in [3.8, 4) is 5.75 Å². The zero-order valence-electron chi connectivity index (χ0n) is 23.2. The van der Waals surface area contributed by atoms with Gasteiger partial charge >= 0.3 is 18.1 Å². The van der Waals surface area contributed by atoms with Gasteiger partial charge in [0, 0.05) is 41.0 Å². The van der Waals surface area contributed by atoms with Gasteiger partial charge in [0.25, 0.3) is 0 Å². The third kappa shape index (κ3) is 11.6. The summed E-state index contributed by atoms with van der Waals surface area (Å²) in [6.07, 6.45) is -0.476. The van der Waals surface area contributed by atoms with Crippen LogP contribution in [-0.2, 0) is 38.4 Å². The van der Waals surface area contributed by atoms with E-state index in [0.717, 1.165) is 11.1 Å². The summed E-state index contributed by atoms with van der Waals surface area (Å²) in [5.41, 5.74) is 1.66. The Morgan fingerprint density at radius 2 is 1.69 bits per heavy atom. The number of pyridine rings is 1. The van der Waals surface area contributed by atoms with E-state index in [-0.39, 0.29) is 11.9 Å².